The summed E-state index contributed by atoms with van der Waals surface area (Å²) >= 11 is 0. The average molecular weight is 236 g/mol. The lowest BCUT2D eigenvalue weighted by Gasteiger charge is -2.41. The van der Waals surface area contributed by atoms with E-state index in [1.54, 1.807) is 0 Å². The van der Waals surface area contributed by atoms with Crippen LogP contribution in [0.15, 0.2) is 0 Å². The van der Waals surface area contributed by atoms with Gasteiger partial charge in [-0.2, -0.15) is 0 Å². The van der Waals surface area contributed by atoms with Crippen molar-refractivity contribution in [2.45, 2.75) is 76.4 Å². The van der Waals surface area contributed by atoms with Gasteiger partial charge in [0, 0.05) is 24.7 Å². The van der Waals surface area contributed by atoms with Crippen LogP contribution in [0.3, 0.4) is 0 Å². The lowest BCUT2D eigenvalue weighted by molar-refractivity contribution is 0.0991. The summed E-state index contributed by atoms with van der Waals surface area (Å²) in [4.78, 5) is 2.84. The minimum atomic E-state index is 0.847. The maximum atomic E-state index is 3.77. The van der Waals surface area contributed by atoms with Crippen LogP contribution in [0.25, 0.3) is 0 Å². The van der Waals surface area contributed by atoms with Gasteiger partial charge in [-0.3, -0.25) is 0 Å². The minimum Gasteiger partial charge on any atom is -0.311 e. The summed E-state index contributed by atoms with van der Waals surface area (Å²) in [7, 11) is 0. The van der Waals surface area contributed by atoms with Gasteiger partial charge >= 0.3 is 0 Å². The largest absolute Gasteiger partial charge is 0.311 e. The lowest BCUT2D eigenvalue weighted by Crippen LogP contribution is -2.50. The Hall–Kier alpha value is -0.0800. The van der Waals surface area contributed by atoms with Crippen molar-refractivity contribution >= 4 is 0 Å². The molecule has 1 saturated carbocycles. The minimum absolute atomic E-state index is 0.847. The molecule has 0 spiro atoms. The highest BCUT2D eigenvalue weighted by Crippen LogP contribution is 2.33. The van der Waals surface area contributed by atoms with Gasteiger partial charge in [-0.15, -0.1) is 0 Å². The zero-order chi connectivity index (χ0) is 11.7. The van der Waals surface area contributed by atoms with Crippen LogP contribution in [0, 0.1) is 5.92 Å². The Balaban J connectivity index is 1.57. The van der Waals surface area contributed by atoms with Crippen molar-refractivity contribution < 1.29 is 0 Å². The third-order valence-corrected chi connectivity index (χ3v) is 5.19. The molecule has 2 heterocycles. The van der Waals surface area contributed by atoms with Crippen molar-refractivity contribution in [1.29, 1.82) is 0 Å². The van der Waals surface area contributed by atoms with E-state index in [9.17, 15) is 0 Å². The second kappa shape index (κ2) is 5.27. The van der Waals surface area contributed by atoms with Crippen molar-refractivity contribution in [1.82, 2.24) is 10.2 Å². The van der Waals surface area contributed by atoms with Crippen LogP contribution in [0.4, 0.5) is 0 Å². The maximum absolute atomic E-state index is 3.77. The van der Waals surface area contributed by atoms with E-state index in [0.717, 1.165) is 24.0 Å². The van der Waals surface area contributed by atoms with Gasteiger partial charge in [-0.1, -0.05) is 13.3 Å². The molecule has 1 N–H and O–H groups in total. The molecule has 0 aromatic rings. The van der Waals surface area contributed by atoms with E-state index in [4.69, 9.17) is 0 Å². The summed E-state index contributed by atoms with van der Waals surface area (Å²) in [5, 5.41) is 3.77. The smallest absolute Gasteiger partial charge is 0.0125 e. The van der Waals surface area contributed by atoms with E-state index in [0.29, 0.717) is 0 Å². The molecule has 2 nitrogen and oxygen atoms in total. The molecule has 0 amide bonds. The fourth-order valence-corrected chi connectivity index (χ4v) is 4.04. The maximum Gasteiger partial charge on any atom is 0.0125 e. The fourth-order valence-electron chi connectivity index (χ4n) is 4.04. The second-order valence-electron chi connectivity index (χ2n) is 6.55. The van der Waals surface area contributed by atoms with Crippen LogP contribution in [0.5, 0.6) is 0 Å². The summed E-state index contributed by atoms with van der Waals surface area (Å²) in [5.41, 5.74) is 0. The van der Waals surface area contributed by atoms with Gasteiger partial charge in [0.2, 0.25) is 0 Å². The Labute approximate surface area is 106 Å². The summed E-state index contributed by atoms with van der Waals surface area (Å²) < 4.78 is 0. The molecule has 3 rings (SSSR count). The van der Waals surface area contributed by atoms with E-state index >= 15 is 0 Å². The Kier molecular flexibility index (Phi) is 3.72. The van der Waals surface area contributed by atoms with Gasteiger partial charge in [0.15, 0.2) is 0 Å². The highest BCUT2D eigenvalue weighted by Gasteiger charge is 2.36. The number of hydrogen-bond acceptors (Lipinski definition) is 2. The fraction of sp³-hybridized carbons (Fsp3) is 1.00. The first-order valence-electron chi connectivity index (χ1n) is 7.85. The zero-order valence-corrected chi connectivity index (χ0v) is 11.3. The van der Waals surface area contributed by atoms with E-state index in [2.05, 4.69) is 17.1 Å². The van der Waals surface area contributed by atoms with E-state index in [1.165, 1.54) is 64.5 Å². The molecule has 0 aromatic carbocycles. The van der Waals surface area contributed by atoms with Gasteiger partial charge in [-0.25, -0.2) is 0 Å². The normalized spacial score (nSPS) is 37.4. The topological polar surface area (TPSA) is 15.3 Å². The lowest BCUT2D eigenvalue weighted by atomic mass is 9.84. The van der Waals surface area contributed by atoms with Crippen LogP contribution in [0.1, 0.15) is 58.3 Å². The third kappa shape index (κ3) is 2.68. The summed E-state index contributed by atoms with van der Waals surface area (Å²) in [6, 6.07) is 2.59. The van der Waals surface area contributed by atoms with Crippen molar-refractivity contribution in [3.8, 4) is 0 Å². The molecule has 17 heavy (non-hydrogen) atoms. The molecule has 2 aliphatic heterocycles. The molecule has 0 aromatic heterocycles. The van der Waals surface area contributed by atoms with E-state index < -0.39 is 0 Å². The highest BCUT2D eigenvalue weighted by molar-refractivity contribution is 4.96. The SMILES string of the molecule is CCCN(CC1CCC1)C1CC2CCC(C1)N2. The standard InChI is InChI=1S/C15H28N2/c1-2-8-17(11-12-4-3-5-12)15-9-13-6-7-14(10-15)16-13/h12-16H,2-11H2,1H3. The molecule has 3 fully saturated rings. The first-order chi connectivity index (χ1) is 8.35. The number of nitrogens with one attached hydrogen (secondary N) is 1. The third-order valence-electron chi connectivity index (χ3n) is 5.19. The number of piperidine rings is 1. The number of fused-ring (bicyclic) bond motifs is 2. The average Bonchev–Trinajstić information content (AvgIpc) is 2.61. The van der Waals surface area contributed by atoms with Gasteiger partial charge in [0.1, 0.15) is 0 Å². The van der Waals surface area contributed by atoms with E-state index in [-0.39, 0.29) is 0 Å². The van der Waals surface area contributed by atoms with Crippen LogP contribution in [0.2, 0.25) is 0 Å². The van der Waals surface area contributed by atoms with Crippen LogP contribution in [-0.2, 0) is 0 Å². The number of nitrogens with zero attached hydrogens (tertiary/aromatic N) is 1. The molecule has 0 radical (unpaired) electrons. The summed E-state index contributed by atoms with van der Waals surface area (Å²) in [6.07, 6.45) is 11.5. The van der Waals surface area contributed by atoms with Crippen molar-refractivity contribution in [3.05, 3.63) is 0 Å². The molecule has 3 aliphatic rings. The summed E-state index contributed by atoms with van der Waals surface area (Å²) in [5.74, 6) is 1.04. The monoisotopic (exact) mass is 236 g/mol. The van der Waals surface area contributed by atoms with Gasteiger partial charge < -0.3 is 10.2 Å². The van der Waals surface area contributed by atoms with Crippen molar-refractivity contribution in [2.24, 2.45) is 5.92 Å². The molecular weight excluding hydrogens is 208 g/mol. The summed E-state index contributed by atoms with van der Waals surface area (Å²) in [6.45, 7) is 5.07. The van der Waals surface area contributed by atoms with Crippen LogP contribution < -0.4 is 5.32 Å². The van der Waals surface area contributed by atoms with Crippen molar-refractivity contribution in [3.63, 3.8) is 0 Å². The number of hydrogen-bond donors (Lipinski definition) is 1. The molecule has 2 saturated heterocycles. The second-order valence-corrected chi connectivity index (χ2v) is 6.55. The molecule has 2 bridgehead atoms. The molecular formula is C15H28N2. The molecule has 1 aliphatic carbocycles. The van der Waals surface area contributed by atoms with Crippen molar-refractivity contribution in [2.75, 3.05) is 13.1 Å². The highest BCUT2D eigenvalue weighted by atomic mass is 15.2. The Morgan fingerprint density at radius 2 is 1.76 bits per heavy atom. The van der Waals surface area contributed by atoms with Gasteiger partial charge in [0.05, 0.1) is 0 Å². The first-order valence-corrected chi connectivity index (χ1v) is 7.85. The number of rotatable bonds is 5. The zero-order valence-electron chi connectivity index (χ0n) is 11.3. The quantitative estimate of drug-likeness (QED) is 0.789. The van der Waals surface area contributed by atoms with Gasteiger partial charge in [0.25, 0.3) is 0 Å². The molecule has 98 valence electrons. The Morgan fingerprint density at radius 1 is 1.06 bits per heavy atom. The van der Waals surface area contributed by atoms with Crippen LogP contribution in [-0.4, -0.2) is 36.1 Å². The first kappa shape index (κ1) is 12.0. The van der Waals surface area contributed by atoms with Gasteiger partial charge in [-0.05, 0) is 57.4 Å². The predicted molar refractivity (Wildman–Crippen MR) is 72.2 cm³/mol. The van der Waals surface area contributed by atoms with E-state index in [1.807, 2.05) is 0 Å². The molecule has 2 unspecified atom stereocenters. The predicted octanol–water partition coefficient (Wildman–Crippen LogP) is 2.78. The Morgan fingerprint density at radius 3 is 2.29 bits per heavy atom. The molecule has 2 atom stereocenters. The molecule has 2 heteroatoms. The Bertz CT molecular complexity index is 237. The van der Waals surface area contributed by atoms with Crippen LogP contribution >= 0.6 is 0 Å².